The lowest BCUT2D eigenvalue weighted by Gasteiger charge is -2.43. The van der Waals surface area contributed by atoms with E-state index in [9.17, 15) is 5.11 Å². The summed E-state index contributed by atoms with van der Waals surface area (Å²) < 4.78 is 10.9. The number of nitrogen functional groups attached to an aromatic ring is 1. The van der Waals surface area contributed by atoms with Gasteiger partial charge in [0.15, 0.2) is 12.6 Å². The molecule has 3 aliphatic heterocycles. The smallest absolute Gasteiger partial charge is 0.188 e. The fourth-order valence-electron chi connectivity index (χ4n) is 6.44. The quantitative estimate of drug-likeness (QED) is 0.310. The molecule has 5 heterocycles. The molecular weight excluding hydrogens is 530 g/mol. The highest BCUT2D eigenvalue weighted by atomic mass is 16.7. The van der Waals surface area contributed by atoms with Crippen LogP contribution in [0.25, 0.3) is 11.3 Å². The van der Waals surface area contributed by atoms with Crippen molar-refractivity contribution in [2.45, 2.75) is 37.8 Å². The highest BCUT2D eigenvalue weighted by Crippen LogP contribution is 2.39. The standard InChI is InChI=1S/C32H39N7O3/c1-41-22-42-31-7-3-2-6-28(31)29-18-30(32(33)36-35-29)38-19-26-8-9-27(20-38)39(26)25-10-13-34-24(17-25)5-4-14-37-15-11-23(21-40)12-16-37/h2-3,6-7,10,13,17-18,23,26-27,40H,8-9,11-12,14-16,19-22H2,1H3,(H2,33,36). The molecule has 3 aliphatic rings. The second kappa shape index (κ2) is 12.9. The number of anilines is 3. The topological polar surface area (TPSA) is 113 Å². The Labute approximate surface area is 247 Å². The number of benzene rings is 1. The summed E-state index contributed by atoms with van der Waals surface area (Å²) in [6.07, 6.45) is 6.19. The number of pyridine rings is 1. The molecule has 220 valence electrons. The van der Waals surface area contributed by atoms with Crippen LogP contribution in [0.4, 0.5) is 17.2 Å². The summed E-state index contributed by atoms with van der Waals surface area (Å²) in [4.78, 5) is 11.8. The molecule has 10 nitrogen and oxygen atoms in total. The molecule has 0 aliphatic carbocycles. The molecular formula is C32H39N7O3. The zero-order valence-corrected chi connectivity index (χ0v) is 24.2. The number of piperazine rings is 1. The fourth-order valence-corrected chi connectivity index (χ4v) is 6.44. The Bertz CT molecular complexity index is 1420. The van der Waals surface area contributed by atoms with Gasteiger partial charge in [-0.1, -0.05) is 18.1 Å². The van der Waals surface area contributed by atoms with E-state index in [0.29, 0.717) is 36.2 Å². The number of nitrogens with zero attached hydrogens (tertiary/aromatic N) is 6. The number of methoxy groups -OCH3 is 1. The van der Waals surface area contributed by atoms with Crippen LogP contribution in [0.15, 0.2) is 48.7 Å². The molecule has 0 radical (unpaired) electrons. The molecule has 0 saturated carbocycles. The SMILES string of the molecule is COCOc1ccccc1-c1cc(N2CC3CCC(C2)N3c2ccnc(C#CCN3CCC(CO)CC3)c2)c(N)nn1. The van der Waals surface area contributed by atoms with E-state index in [2.05, 4.69) is 53.9 Å². The molecule has 3 N–H and O–H groups in total. The van der Waals surface area contributed by atoms with Gasteiger partial charge < -0.3 is 30.1 Å². The lowest BCUT2D eigenvalue weighted by Crippen LogP contribution is -2.54. The van der Waals surface area contributed by atoms with E-state index in [0.717, 1.165) is 81.0 Å². The van der Waals surface area contributed by atoms with Crippen molar-refractivity contribution < 1.29 is 14.6 Å². The van der Waals surface area contributed by atoms with Gasteiger partial charge in [0.25, 0.3) is 0 Å². The highest BCUT2D eigenvalue weighted by molar-refractivity contribution is 5.74. The van der Waals surface area contributed by atoms with Gasteiger partial charge in [0.2, 0.25) is 0 Å². The summed E-state index contributed by atoms with van der Waals surface area (Å²) in [6, 6.07) is 14.7. The second-order valence-corrected chi connectivity index (χ2v) is 11.3. The van der Waals surface area contributed by atoms with Crippen LogP contribution < -0.4 is 20.3 Å². The van der Waals surface area contributed by atoms with Gasteiger partial charge in [-0.25, -0.2) is 4.98 Å². The van der Waals surface area contributed by atoms with Crippen LogP contribution >= 0.6 is 0 Å². The van der Waals surface area contributed by atoms with Crippen molar-refractivity contribution in [3.05, 3.63) is 54.4 Å². The first-order chi connectivity index (χ1) is 20.6. The first kappa shape index (κ1) is 28.2. The van der Waals surface area contributed by atoms with Gasteiger partial charge in [-0.15, -0.1) is 10.2 Å². The summed E-state index contributed by atoms with van der Waals surface area (Å²) in [7, 11) is 1.60. The minimum atomic E-state index is 0.157. The monoisotopic (exact) mass is 569 g/mol. The maximum absolute atomic E-state index is 9.37. The van der Waals surface area contributed by atoms with Crippen molar-refractivity contribution >= 4 is 17.2 Å². The molecule has 42 heavy (non-hydrogen) atoms. The van der Waals surface area contributed by atoms with Gasteiger partial charge in [-0.3, -0.25) is 4.90 Å². The Morgan fingerprint density at radius 2 is 1.81 bits per heavy atom. The molecule has 3 saturated heterocycles. The largest absolute Gasteiger partial charge is 0.467 e. The van der Waals surface area contributed by atoms with E-state index in [4.69, 9.17) is 15.2 Å². The third kappa shape index (κ3) is 6.14. The zero-order chi connectivity index (χ0) is 28.9. The maximum atomic E-state index is 9.37. The van der Waals surface area contributed by atoms with E-state index in [-0.39, 0.29) is 6.79 Å². The summed E-state index contributed by atoms with van der Waals surface area (Å²) >= 11 is 0. The van der Waals surface area contributed by atoms with Crippen molar-refractivity contribution in [1.82, 2.24) is 20.1 Å². The van der Waals surface area contributed by atoms with Gasteiger partial charge in [0.1, 0.15) is 11.4 Å². The van der Waals surface area contributed by atoms with E-state index < -0.39 is 0 Å². The van der Waals surface area contributed by atoms with E-state index in [1.54, 1.807) is 7.11 Å². The first-order valence-corrected chi connectivity index (χ1v) is 14.8. The van der Waals surface area contributed by atoms with Gasteiger partial charge >= 0.3 is 0 Å². The molecule has 1 aromatic carbocycles. The summed E-state index contributed by atoms with van der Waals surface area (Å²) in [5, 5.41) is 18.1. The lowest BCUT2D eigenvalue weighted by atomic mass is 9.98. The number of aromatic nitrogens is 3. The molecule has 3 fully saturated rings. The zero-order valence-electron chi connectivity index (χ0n) is 24.2. The molecule has 2 bridgehead atoms. The molecule has 2 unspecified atom stereocenters. The average Bonchev–Trinajstić information content (AvgIpc) is 3.30. The van der Waals surface area contributed by atoms with Crippen LogP contribution in [0, 0.1) is 17.8 Å². The van der Waals surface area contributed by atoms with Crippen molar-refractivity contribution in [3.8, 4) is 28.8 Å². The number of ether oxygens (including phenoxy) is 2. The second-order valence-electron chi connectivity index (χ2n) is 11.3. The van der Waals surface area contributed by atoms with Crippen LogP contribution in [0.1, 0.15) is 31.4 Å². The average molecular weight is 570 g/mol. The highest BCUT2D eigenvalue weighted by Gasteiger charge is 2.40. The predicted molar refractivity (Wildman–Crippen MR) is 163 cm³/mol. The third-order valence-electron chi connectivity index (χ3n) is 8.65. The van der Waals surface area contributed by atoms with Gasteiger partial charge in [0, 0.05) is 56.3 Å². The number of rotatable bonds is 8. The Morgan fingerprint density at radius 1 is 1.02 bits per heavy atom. The number of hydrogen-bond donors (Lipinski definition) is 2. The maximum Gasteiger partial charge on any atom is 0.188 e. The van der Waals surface area contributed by atoms with Crippen LogP contribution in [-0.4, -0.2) is 90.5 Å². The summed E-state index contributed by atoms with van der Waals surface area (Å²) in [5.74, 6) is 8.18. The van der Waals surface area contributed by atoms with Crippen LogP contribution in [-0.2, 0) is 4.74 Å². The Kier molecular flexibility index (Phi) is 8.70. The predicted octanol–water partition coefficient (Wildman–Crippen LogP) is 3.02. The molecule has 2 aromatic heterocycles. The minimum absolute atomic E-state index is 0.157. The number of hydrogen-bond acceptors (Lipinski definition) is 10. The fraction of sp³-hybridized carbons (Fsp3) is 0.469. The summed E-state index contributed by atoms with van der Waals surface area (Å²) in [6.45, 7) is 4.87. The van der Waals surface area contributed by atoms with Crippen LogP contribution in [0.5, 0.6) is 5.75 Å². The molecule has 10 heteroatoms. The van der Waals surface area contributed by atoms with Crippen LogP contribution in [0.3, 0.4) is 0 Å². The Balaban J connectivity index is 1.15. The van der Waals surface area contributed by atoms with E-state index in [1.165, 1.54) is 5.69 Å². The van der Waals surface area contributed by atoms with Crippen molar-refractivity contribution in [3.63, 3.8) is 0 Å². The molecule has 3 aromatic rings. The van der Waals surface area contributed by atoms with Gasteiger partial charge in [0.05, 0.1) is 17.9 Å². The lowest BCUT2D eigenvalue weighted by molar-refractivity contribution is 0.0515. The molecule has 0 amide bonds. The van der Waals surface area contributed by atoms with Crippen LogP contribution in [0.2, 0.25) is 0 Å². The number of aliphatic hydroxyl groups excluding tert-OH is 1. The molecule has 2 atom stereocenters. The first-order valence-electron chi connectivity index (χ1n) is 14.8. The normalized spacial score (nSPS) is 20.8. The molecule has 6 rings (SSSR count). The number of nitrogens with two attached hydrogens (primary N) is 1. The van der Waals surface area contributed by atoms with Crippen molar-refractivity contribution in [1.29, 1.82) is 0 Å². The Hall–Kier alpha value is -3.91. The number of fused-ring (bicyclic) bond motifs is 2. The molecule has 0 spiro atoms. The third-order valence-corrected chi connectivity index (χ3v) is 8.65. The number of likely N-dealkylation sites (tertiary alicyclic amines) is 1. The van der Waals surface area contributed by atoms with Gasteiger partial charge in [-0.2, -0.15) is 0 Å². The van der Waals surface area contributed by atoms with Crippen molar-refractivity contribution in [2.24, 2.45) is 5.92 Å². The number of para-hydroxylation sites is 1. The number of aliphatic hydroxyl groups is 1. The van der Waals surface area contributed by atoms with E-state index in [1.807, 2.05) is 36.5 Å². The van der Waals surface area contributed by atoms with E-state index >= 15 is 0 Å². The Morgan fingerprint density at radius 3 is 2.57 bits per heavy atom. The van der Waals surface area contributed by atoms with Crippen molar-refractivity contribution in [2.75, 3.05) is 68.8 Å². The minimum Gasteiger partial charge on any atom is -0.467 e. The summed E-state index contributed by atoms with van der Waals surface area (Å²) in [5.41, 5.74) is 10.8. The van der Waals surface area contributed by atoms with Gasteiger partial charge in [-0.05, 0) is 80.9 Å². The number of piperidine rings is 1.